The van der Waals surface area contributed by atoms with E-state index < -0.39 is 11.5 Å². The van der Waals surface area contributed by atoms with Crippen molar-refractivity contribution in [3.05, 3.63) is 0 Å². The summed E-state index contributed by atoms with van der Waals surface area (Å²) in [6, 6.07) is 0. The smallest absolute Gasteiger partial charge is 0.342 e. The number of aliphatic carboxylic acids is 1. The van der Waals surface area contributed by atoms with Crippen LogP contribution in [0.3, 0.4) is 0 Å². The van der Waals surface area contributed by atoms with Gasteiger partial charge < -0.3 is 10.0 Å². The van der Waals surface area contributed by atoms with Crippen LogP contribution < -0.4 is 0 Å². The quantitative estimate of drug-likeness (QED) is 0.583. The first kappa shape index (κ1) is 9.59. The fraction of sp³-hybridized carbons (Fsp3) is 0.556. The van der Waals surface area contributed by atoms with Crippen LogP contribution in [0.5, 0.6) is 0 Å². The molecule has 0 aromatic heterocycles. The minimum atomic E-state index is -1.40. The van der Waals surface area contributed by atoms with E-state index in [4.69, 9.17) is 11.5 Å². The number of hydrogen-bond acceptors (Lipinski definition) is 2. The average Bonchev–Trinajstić information content (AvgIpc) is 2.48. The lowest BCUT2D eigenvalue weighted by atomic mass is 9.97. The summed E-state index contributed by atoms with van der Waals surface area (Å²) in [5.74, 6) is 0.825. The first-order valence-electron chi connectivity index (χ1n) is 4.04. The summed E-state index contributed by atoms with van der Waals surface area (Å²) in [5, 5.41) is 8.95. The molecule has 4 heteroatoms. The van der Waals surface area contributed by atoms with Gasteiger partial charge in [0.25, 0.3) is 0 Å². The minimum absolute atomic E-state index is 0.280. The van der Waals surface area contributed by atoms with Gasteiger partial charge in [0, 0.05) is 13.5 Å². The predicted molar refractivity (Wildman–Crippen MR) is 45.8 cm³/mol. The van der Waals surface area contributed by atoms with E-state index in [0.717, 1.165) is 0 Å². The van der Waals surface area contributed by atoms with Crippen LogP contribution in [-0.4, -0.2) is 34.0 Å². The zero-order valence-corrected chi connectivity index (χ0v) is 7.41. The van der Waals surface area contributed by atoms with Crippen molar-refractivity contribution in [3.8, 4) is 12.3 Å². The molecule has 0 radical (unpaired) electrons. The van der Waals surface area contributed by atoms with Crippen LogP contribution in [0, 0.1) is 12.3 Å². The number of hydrogen-bond donors (Lipinski definition) is 1. The third kappa shape index (κ3) is 1.26. The van der Waals surface area contributed by atoms with Crippen molar-refractivity contribution in [1.82, 2.24) is 4.90 Å². The highest BCUT2D eigenvalue weighted by molar-refractivity contribution is 5.90. The van der Waals surface area contributed by atoms with E-state index in [9.17, 15) is 9.59 Å². The summed E-state index contributed by atoms with van der Waals surface area (Å²) in [5.41, 5.74) is -1.40. The second-order valence-electron chi connectivity index (χ2n) is 3.08. The Morgan fingerprint density at radius 1 is 1.62 bits per heavy atom. The number of carboxylic acids is 1. The highest BCUT2D eigenvalue weighted by atomic mass is 16.4. The number of terminal acetylenes is 1. The summed E-state index contributed by atoms with van der Waals surface area (Å²) >= 11 is 0. The zero-order valence-electron chi connectivity index (χ0n) is 7.41. The third-order valence-electron chi connectivity index (χ3n) is 2.35. The lowest BCUT2D eigenvalue weighted by molar-refractivity contribution is -0.151. The maximum atomic E-state index is 11.1. The molecule has 70 valence electrons. The molecule has 0 bridgehead atoms. The Balaban J connectivity index is 3.06. The first-order chi connectivity index (χ1) is 6.04. The Morgan fingerprint density at radius 2 is 2.23 bits per heavy atom. The van der Waals surface area contributed by atoms with Gasteiger partial charge in [-0.1, -0.05) is 5.92 Å². The van der Waals surface area contributed by atoms with Gasteiger partial charge in [-0.15, -0.1) is 6.42 Å². The monoisotopic (exact) mass is 181 g/mol. The summed E-state index contributed by atoms with van der Waals surface area (Å²) < 4.78 is 0. The number of likely N-dealkylation sites (tertiary alicyclic amines) is 1. The van der Waals surface area contributed by atoms with E-state index in [1.807, 2.05) is 0 Å². The average molecular weight is 181 g/mol. The van der Waals surface area contributed by atoms with E-state index in [0.29, 0.717) is 19.4 Å². The van der Waals surface area contributed by atoms with Crippen molar-refractivity contribution < 1.29 is 14.7 Å². The minimum Gasteiger partial charge on any atom is -0.479 e. The van der Waals surface area contributed by atoms with Gasteiger partial charge in [-0.05, 0) is 12.8 Å². The molecule has 1 amide bonds. The number of rotatable bonds is 1. The van der Waals surface area contributed by atoms with Crippen molar-refractivity contribution >= 4 is 11.9 Å². The first-order valence-corrected chi connectivity index (χ1v) is 4.04. The number of carboxylic acid groups (broad SMARTS) is 1. The largest absolute Gasteiger partial charge is 0.479 e. The topological polar surface area (TPSA) is 57.6 Å². The molecular weight excluding hydrogens is 170 g/mol. The summed E-state index contributed by atoms with van der Waals surface area (Å²) in [7, 11) is 0. The molecule has 4 nitrogen and oxygen atoms in total. The van der Waals surface area contributed by atoms with Crippen molar-refractivity contribution in [2.24, 2.45) is 0 Å². The molecular formula is C9H11NO3. The van der Waals surface area contributed by atoms with Crippen molar-refractivity contribution in [2.45, 2.75) is 25.3 Å². The molecule has 0 spiro atoms. The Kier molecular flexibility index (Phi) is 2.28. The number of carbonyl (C=O) groups excluding carboxylic acids is 1. The van der Waals surface area contributed by atoms with E-state index in [2.05, 4.69) is 5.92 Å². The molecule has 1 atom stereocenters. The van der Waals surface area contributed by atoms with Crippen molar-refractivity contribution in [2.75, 3.05) is 6.54 Å². The number of amides is 1. The van der Waals surface area contributed by atoms with Crippen LogP contribution >= 0.6 is 0 Å². The molecule has 1 N–H and O–H groups in total. The maximum Gasteiger partial charge on any atom is 0.342 e. The Hall–Kier alpha value is -1.50. The number of carbonyl (C=O) groups is 2. The second kappa shape index (κ2) is 3.09. The highest BCUT2D eigenvalue weighted by Gasteiger charge is 2.47. The van der Waals surface area contributed by atoms with Crippen LogP contribution in [0.4, 0.5) is 0 Å². The fourth-order valence-corrected chi connectivity index (χ4v) is 1.68. The van der Waals surface area contributed by atoms with E-state index >= 15 is 0 Å². The SMILES string of the molecule is C#C[C@]1(C(=O)O)CCCN1C(C)=O. The highest BCUT2D eigenvalue weighted by Crippen LogP contribution is 2.28. The van der Waals surface area contributed by atoms with Gasteiger partial charge in [0.1, 0.15) is 0 Å². The Labute approximate surface area is 76.5 Å². The summed E-state index contributed by atoms with van der Waals surface area (Å²) in [4.78, 5) is 23.3. The van der Waals surface area contributed by atoms with Crippen LogP contribution in [-0.2, 0) is 9.59 Å². The molecule has 1 aliphatic rings. The Bertz CT molecular complexity index is 292. The second-order valence-corrected chi connectivity index (χ2v) is 3.08. The lowest BCUT2D eigenvalue weighted by Gasteiger charge is -2.28. The van der Waals surface area contributed by atoms with Crippen molar-refractivity contribution in [1.29, 1.82) is 0 Å². The maximum absolute atomic E-state index is 11.1. The molecule has 1 saturated heterocycles. The van der Waals surface area contributed by atoms with Gasteiger partial charge in [-0.3, -0.25) is 4.79 Å². The molecule has 0 aliphatic carbocycles. The molecule has 1 rings (SSSR count). The number of nitrogens with zero attached hydrogens (tertiary/aromatic N) is 1. The molecule has 1 heterocycles. The zero-order chi connectivity index (χ0) is 10.1. The predicted octanol–water partition coefficient (Wildman–Crippen LogP) is 0.0853. The van der Waals surface area contributed by atoms with Gasteiger partial charge >= 0.3 is 5.97 Å². The van der Waals surface area contributed by atoms with Gasteiger partial charge in [0.05, 0.1) is 0 Å². The van der Waals surface area contributed by atoms with Gasteiger partial charge in [-0.2, -0.15) is 0 Å². The fourth-order valence-electron chi connectivity index (χ4n) is 1.68. The molecule has 0 aromatic rings. The molecule has 0 aromatic carbocycles. The summed E-state index contributed by atoms with van der Waals surface area (Å²) in [6.45, 7) is 1.77. The van der Waals surface area contributed by atoms with Crippen LogP contribution in [0.25, 0.3) is 0 Å². The van der Waals surface area contributed by atoms with E-state index in [-0.39, 0.29) is 5.91 Å². The molecule has 13 heavy (non-hydrogen) atoms. The third-order valence-corrected chi connectivity index (χ3v) is 2.35. The van der Waals surface area contributed by atoms with Gasteiger partial charge in [0.2, 0.25) is 11.4 Å². The summed E-state index contributed by atoms with van der Waals surface area (Å²) in [6.07, 6.45) is 6.17. The lowest BCUT2D eigenvalue weighted by Crippen LogP contribution is -2.51. The standard InChI is InChI=1S/C9H11NO3/c1-3-9(8(12)13)5-4-6-10(9)7(2)11/h1H,4-6H2,2H3,(H,12,13)/t9-/m1/s1. The molecule has 0 unspecified atom stereocenters. The van der Waals surface area contributed by atoms with Gasteiger partial charge in [0.15, 0.2) is 0 Å². The van der Waals surface area contributed by atoms with Gasteiger partial charge in [-0.25, -0.2) is 4.79 Å². The van der Waals surface area contributed by atoms with Crippen LogP contribution in [0.2, 0.25) is 0 Å². The normalized spacial score (nSPS) is 26.9. The van der Waals surface area contributed by atoms with E-state index in [1.54, 1.807) is 0 Å². The Morgan fingerprint density at radius 3 is 2.54 bits per heavy atom. The van der Waals surface area contributed by atoms with Crippen molar-refractivity contribution in [3.63, 3.8) is 0 Å². The van der Waals surface area contributed by atoms with Crippen LogP contribution in [0.15, 0.2) is 0 Å². The van der Waals surface area contributed by atoms with Crippen LogP contribution in [0.1, 0.15) is 19.8 Å². The molecule has 0 saturated carbocycles. The molecule has 1 fully saturated rings. The molecule has 1 aliphatic heterocycles. The van der Waals surface area contributed by atoms with E-state index in [1.165, 1.54) is 11.8 Å².